The van der Waals surface area contributed by atoms with Gasteiger partial charge in [0, 0.05) is 23.9 Å². The normalized spacial score (nSPS) is 18.3. The van der Waals surface area contributed by atoms with Crippen molar-refractivity contribution in [3.63, 3.8) is 0 Å². The van der Waals surface area contributed by atoms with Crippen molar-refractivity contribution in [2.75, 3.05) is 6.61 Å². The van der Waals surface area contributed by atoms with E-state index in [9.17, 15) is 4.79 Å². The monoisotopic (exact) mass is 256 g/mol. The molecule has 1 aromatic heterocycles. The molecule has 0 radical (unpaired) electrons. The first-order valence-electron chi connectivity index (χ1n) is 6.55. The average molecular weight is 256 g/mol. The molecule has 0 saturated carbocycles. The molecule has 0 spiro atoms. The molecular formula is C15H16N2O2. The van der Waals surface area contributed by atoms with E-state index in [0.29, 0.717) is 6.61 Å². The molecule has 98 valence electrons. The largest absolute Gasteiger partial charge is 0.370 e. The molecule has 0 bridgehead atoms. The summed E-state index contributed by atoms with van der Waals surface area (Å²) in [5.41, 5.74) is 2.99. The Bertz CT molecular complexity index is 563. The van der Waals surface area contributed by atoms with Crippen molar-refractivity contribution in [3.8, 4) is 0 Å². The first-order chi connectivity index (χ1) is 9.34. The number of Topliss-reactive ketones (excluding diaryl/α,β-unsaturated/α-hetero) is 1. The average Bonchev–Trinajstić information content (AvgIpc) is 2.95. The Morgan fingerprint density at radius 2 is 2.26 bits per heavy atom. The van der Waals surface area contributed by atoms with Crippen LogP contribution in [-0.2, 0) is 17.6 Å². The van der Waals surface area contributed by atoms with Gasteiger partial charge in [0.15, 0.2) is 5.78 Å². The molecule has 0 aliphatic heterocycles. The van der Waals surface area contributed by atoms with E-state index in [1.807, 2.05) is 24.3 Å². The number of nitrogens with zero attached hydrogens (tertiary/aromatic N) is 1. The molecule has 1 aromatic carbocycles. The molecule has 4 heteroatoms. The molecule has 0 fully saturated rings. The number of rotatable bonds is 4. The number of fused-ring (bicyclic) bond motifs is 1. The summed E-state index contributed by atoms with van der Waals surface area (Å²) in [4.78, 5) is 19.2. The SMILES string of the molecule is O=C1c2ccccc2CCC1OCCc1cnc[nH]1. The third-order valence-corrected chi connectivity index (χ3v) is 3.50. The molecule has 1 aliphatic rings. The van der Waals surface area contributed by atoms with Gasteiger partial charge in [-0.2, -0.15) is 0 Å². The van der Waals surface area contributed by atoms with Gasteiger partial charge in [-0.1, -0.05) is 24.3 Å². The molecule has 1 atom stereocenters. The van der Waals surface area contributed by atoms with Gasteiger partial charge in [0.25, 0.3) is 0 Å². The Morgan fingerprint density at radius 1 is 1.37 bits per heavy atom. The Labute approximate surface area is 111 Å². The number of carbonyl (C=O) groups excluding carboxylic acids is 1. The topological polar surface area (TPSA) is 55.0 Å². The zero-order chi connectivity index (χ0) is 13.1. The van der Waals surface area contributed by atoms with E-state index < -0.39 is 0 Å². The van der Waals surface area contributed by atoms with Crippen molar-refractivity contribution >= 4 is 5.78 Å². The predicted octanol–water partition coefficient (Wildman–Crippen LogP) is 2.17. The molecule has 3 rings (SSSR count). The number of hydrogen-bond donors (Lipinski definition) is 1. The highest BCUT2D eigenvalue weighted by atomic mass is 16.5. The Morgan fingerprint density at radius 3 is 3.11 bits per heavy atom. The zero-order valence-corrected chi connectivity index (χ0v) is 10.6. The highest BCUT2D eigenvalue weighted by Gasteiger charge is 2.27. The van der Waals surface area contributed by atoms with Crippen LogP contribution in [0.4, 0.5) is 0 Å². The Hall–Kier alpha value is -1.94. The lowest BCUT2D eigenvalue weighted by atomic mass is 9.89. The third kappa shape index (κ3) is 2.58. The van der Waals surface area contributed by atoms with Gasteiger partial charge in [0.2, 0.25) is 0 Å². The highest BCUT2D eigenvalue weighted by Crippen LogP contribution is 2.23. The first kappa shape index (κ1) is 12.1. The number of aromatic nitrogens is 2. The fourth-order valence-corrected chi connectivity index (χ4v) is 2.46. The van der Waals surface area contributed by atoms with Crippen LogP contribution in [0.25, 0.3) is 0 Å². The van der Waals surface area contributed by atoms with Crippen LogP contribution in [0.15, 0.2) is 36.8 Å². The number of carbonyl (C=O) groups is 1. The summed E-state index contributed by atoms with van der Waals surface area (Å²) >= 11 is 0. The zero-order valence-electron chi connectivity index (χ0n) is 10.6. The highest BCUT2D eigenvalue weighted by molar-refractivity contribution is 6.01. The van der Waals surface area contributed by atoms with Crippen LogP contribution in [-0.4, -0.2) is 28.5 Å². The summed E-state index contributed by atoms with van der Waals surface area (Å²) < 4.78 is 5.73. The maximum Gasteiger partial charge on any atom is 0.191 e. The van der Waals surface area contributed by atoms with Crippen LogP contribution >= 0.6 is 0 Å². The van der Waals surface area contributed by atoms with Gasteiger partial charge in [-0.3, -0.25) is 4.79 Å². The van der Waals surface area contributed by atoms with Gasteiger partial charge in [0.1, 0.15) is 6.10 Å². The molecule has 1 N–H and O–H groups in total. The van der Waals surface area contributed by atoms with Crippen LogP contribution in [0.2, 0.25) is 0 Å². The lowest BCUT2D eigenvalue weighted by molar-refractivity contribution is 0.0365. The molecule has 4 nitrogen and oxygen atoms in total. The number of aromatic amines is 1. The smallest absolute Gasteiger partial charge is 0.191 e. The van der Waals surface area contributed by atoms with Crippen molar-refractivity contribution in [1.82, 2.24) is 9.97 Å². The Balaban J connectivity index is 1.60. The second-order valence-electron chi connectivity index (χ2n) is 4.75. The number of hydrogen-bond acceptors (Lipinski definition) is 3. The van der Waals surface area contributed by atoms with Crippen LogP contribution < -0.4 is 0 Å². The maximum absolute atomic E-state index is 12.3. The lowest BCUT2D eigenvalue weighted by Crippen LogP contribution is -2.30. The minimum atomic E-state index is -0.294. The number of ketones is 1. The summed E-state index contributed by atoms with van der Waals surface area (Å²) in [6.07, 6.45) is 5.58. The standard InChI is InChI=1S/C15H16N2O2/c18-15-13-4-2-1-3-11(13)5-6-14(15)19-8-7-12-9-16-10-17-12/h1-4,9-10,14H,5-8H2,(H,16,17). The minimum Gasteiger partial charge on any atom is -0.370 e. The van der Waals surface area contributed by atoms with Crippen molar-refractivity contribution in [3.05, 3.63) is 53.6 Å². The molecule has 19 heavy (non-hydrogen) atoms. The van der Waals surface area contributed by atoms with E-state index in [0.717, 1.165) is 36.1 Å². The van der Waals surface area contributed by atoms with Gasteiger partial charge >= 0.3 is 0 Å². The van der Waals surface area contributed by atoms with E-state index in [2.05, 4.69) is 9.97 Å². The van der Waals surface area contributed by atoms with Crippen LogP contribution in [0.1, 0.15) is 28.0 Å². The van der Waals surface area contributed by atoms with E-state index in [1.165, 1.54) is 0 Å². The van der Waals surface area contributed by atoms with E-state index >= 15 is 0 Å². The quantitative estimate of drug-likeness (QED) is 0.912. The molecular weight excluding hydrogens is 240 g/mol. The van der Waals surface area contributed by atoms with Crippen molar-refractivity contribution in [2.45, 2.75) is 25.4 Å². The number of H-pyrrole nitrogens is 1. The molecule has 1 unspecified atom stereocenters. The maximum atomic E-state index is 12.3. The fraction of sp³-hybridized carbons (Fsp3) is 0.333. The number of benzene rings is 1. The second-order valence-corrected chi connectivity index (χ2v) is 4.75. The van der Waals surface area contributed by atoms with Gasteiger partial charge in [0.05, 0.1) is 12.9 Å². The lowest BCUT2D eigenvalue weighted by Gasteiger charge is -2.23. The minimum absolute atomic E-state index is 0.117. The van der Waals surface area contributed by atoms with E-state index in [4.69, 9.17) is 4.74 Å². The van der Waals surface area contributed by atoms with E-state index in [1.54, 1.807) is 12.5 Å². The van der Waals surface area contributed by atoms with E-state index in [-0.39, 0.29) is 11.9 Å². The van der Waals surface area contributed by atoms with Gasteiger partial charge in [-0.25, -0.2) is 4.98 Å². The summed E-state index contributed by atoms with van der Waals surface area (Å²) in [5.74, 6) is 0.117. The van der Waals surface area contributed by atoms with Crippen molar-refractivity contribution < 1.29 is 9.53 Å². The van der Waals surface area contributed by atoms with Crippen molar-refractivity contribution in [2.24, 2.45) is 0 Å². The van der Waals surface area contributed by atoms with Crippen LogP contribution in [0.5, 0.6) is 0 Å². The summed E-state index contributed by atoms with van der Waals surface area (Å²) in [7, 11) is 0. The second kappa shape index (κ2) is 5.36. The van der Waals surface area contributed by atoms with Crippen LogP contribution in [0.3, 0.4) is 0 Å². The van der Waals surface area contributed by atoms with Crippen LogP contribution in [0, 0.1) is 0 Å². The predicted molar refractivity (Wildman–Crippen MR) is 71.1 cm³/mol. The first-order valence-corrected chi connectivity index (χ1v) is 6.55. The Kier molecular flexibility index (Phi) is 3.42. The van der Waals surface area contributed by atoms with Gasteiger partial charge in [-0.15, -0.1) is 0 Å². The summed E-state index contributed by atoms with van der Waals surface area (Å²) in [6, 6.07) is 7.80. The molecule has 1 aliphatic carbocycles. The van der Waals surface area contributed by atoms with Crippen molar-refractivity contribution in [1.29, 1.82) is 0 Å². The number of ether oxygens (including phenoxy) is 1. The molecule has 1 heterocycles. The third-order valence-electron chi connectivity index (χ3n) is 3.50. The summed E-state index contributed by atoms with van der Waals surface area (Å²) in [5, 5.41) is 0. The number of imidazole rings is 1. The molecule has 2 aromatic rings. The molecule has 0 saturated heterocycles. The fourth-order valence-electron chi connectivity index (χ4n) is 2.46. The number of aryl methyl sites for hydroxylation is 1. The molecule has 0 amide bonds. The van der Waals surface area contributed by atoms with Gasteiger partial charge in [-0.05, 0) is 18.4 Å². The summed E-state index contributed by atoms with van der Waals surface area (Å²) in [6.45, 7) is 0.542. The van der Waals surface area contributed by atoms with Gasteiger partial charge < -0.3 is 9.72 Å². The number of nitrogens with one attached hydrogen (secondary N) is 1.